The first-order valence-electron chi connectivity index (χ1n) is 7.96. The average Bonchev–Trinajstić information content (AvgIpc) is 2.62. The molecule has 1 fully saturated rings. The van der Waals surface area contributed by atoms with Gasteiger partial charge in [-0.25, -0.2) is 0 Å². The van der Waals surface area contributed by atoms with Crippen LogP contribution < -0.4 is 5.32 Å². The van der Waals surface area contributed by atoms with Crippen molar-refractivity contribution in [3.63, 3.8) is 0 Å². The first-order valence-corrected chi connectivity index (χ1v) is 8.33. The van der Waals surface area contributed by atoms with Crippen molar-refractivity contribution in [2.45, 2.75) is 19.3 Å². The van der Waals surface area contributed by atoms with Crippen molar-refractivity contribution < 1.29 is 9.59 Å². The summed E-state index contributed by atoms with van der Waals surface area (Å²) in [6, 6.07) is 10.0. The second-order valence-corrected chi connectivity index (χ2v) is 6.18. The molecular weight excluding hydrogens is 326 g/mol. The minimum atomic E-state index is -0.299. The van der Waals surface area contributed by atoms with Crippen LogP contribution in [0.3, 0.4) is 0 Å². The fourth-order valence-corrected chi connectivity index (χ4v) is 2.91. The molecule has 124 valence electrons. The number of likely N-dealkylation sites (tertiary alicyclic amines) is 1. The van der Waals surface area contributed by atoms with Crippen LogP contribution in [0, 0.1) is 0 Å². The van der Waals surface area contributed by atoms with E-state index in [-0.39, 0.29) is 11.8 Å². The van der Waals surface area contributed by atoms with Crippen molar-refractivity contribution in [1.82, 2.24) is 9.88 Å². The molecule has 1 aliphatic heterocycles. The third-order valence-electron chi connectivity index (χ3n) is 3.97. The highest BCUT2D eigenvalue weighted by Gasteiger charge is 2.20. The van der Waals surface area contributed by atoms with E-state index in [4.69, 9.17) is 11.6 Å². The second-order valence-electron chi connectivity index (χ2n) is 5.75. The van der Waals surface area contributed by atoms with Crippen molar-refractivity contribution in [2.24, 2.45) is 0 Å². The number of pyridine rings is 1. The molecular formula is C18H18ClN3O2. The summed E-state index contributed by atoms with van der Waals surface area (Å²) < 4.78 is 0. The first-order chi connectivity index (χ1) is 11.6. The molecule has 1 aliphatic rings. The number of hydrogen-bond donors (Lipinski definition) is 1. The molecule has 2 heterocycles. The van der Waals surface area contributed by atoms with E-state index in [0.29, 0.717) is 22.0 Å². The van der Waals surface area contributed by atoms with E-state index < -0.39 is 0 Å². The number of anilines is 1. The molecule has 0 saturated carbocycles. The number of aromatic nitrogens is 1. The molecule has 1 aromatic carbocycles. The molecule has 5 nitrogen and oxygen atoms in total. The Balaban J connectivity index is 1.74. The Hall–Kier alpha value is -2.40. The predicted molar refractivity (Wildman–Crippen MR) is 93.4 cm³/mol. The number of carbonyl (C=O) groups is 2. The van der Waals surface area contributed by atoms with Crippen LogP contribution in [0.5, 0.6) is 0 Å². The lowest BCUT2D eigenvalue weighted by molar-refractivity contribution is 0.0718. The van der Waals surface area contributed by atoms with E-state index in [1.165, 1.54) is 12.3 Å². The monoisotopic (exact) mass is 343 g/mol. The molecule has 2 amide bonds. The summed E-state index contributed by atoms with van der Waals surface area (Å²) in [5.74, 6) is -0.417. The molecule has 0 unspecified atom stereocenters. The van der Waals surface area contributed by atoms with Gasteiger partial charge < -0.3 is 10.2 Å². The molecule has 0 bridgehead atoms. The van der Waals surface area contributed by atoms with Crippen molar-refractivity contribution in [1.29, 1.82) is 0 Å². The number of nitrogens with one attached hydrogen (secondary N) is 1. The summed E-state index contributed by atoms with van der Waals surface area (Å²) in [7, 11) is 0. The fraction of sp³-hybridized carbons (Fsp3) is 0.278. The van der Waals surface area contributed by atoms with Gasteiger partial charge in [-0.3, -0.25) is 14.6 Å². The number of amides is 2. The molecule has 3 rings (SSSR count). The van der Waals surface area contributed by atoms with Gasteiger partial charge in [0.25, 0.3) is 11.8 Å². The van der Waals surface area contributed by atoms with Gasteiger partial charge in [-0.1, -0.05) is 17.7 Å². The molecule has 1 saturated heterocycles. The first kappa shape index (κ1) is 16.5. The number of rotatable bonds is 3. The minimum absolute atomic E-state index is 0.118. The Morgan fingerprint density at radius 2 is 1.88 bits per heavy atom. The number of nitrogens with zero attached hydrogens (tertiary/aromatic N) is 2. The minimum Gasteiger partial charge on any atom is -0.337 e. The van der Waals surface area contributed by atoms with Crippen LogP contribution in [0.25, 0.3) is 0 Å². The molecule has 0 atom stereocenters. The maximum Gasteiger partial charge on any atom is 0.272 e. The lowest BCUT2D eigenvalue weighted by atomic mass is 10.1. The highest BCUT2D eigenvalue weighted by atomic mass is 35.5. The van der Waals surface area contributed by atoms with Gasteiger partial charge in [-0.2, -0.15) is 0 Å². The van der Waals surface area contributed by atoms with Crippen LogP contribution in [0.2, 0.25) is 5.02 Å². The Labute approximate surface area is 145 Å². The molecule has 1 aromatic heterocycles. The van der Waals surface area contributed by atoms with E-state index in [9.17, 15) is 9.59 Å². The lowest BCUT2D eigenvalue weighted by Crippen LogP contribution is -2.36. The lowest BCUT2D eigenvalue weighted by Gasteiger charge is -2.26. The molecule has 2 aromatic rings. The van der Waals surface area contributed by atoms with Gasteiger partial charge in [0.2, 0.25) is 0 Å². The molecule has 0 spiro atoms. The highest BCUT2D eigenvalue weighted by Crippen LogP contribution is 2.17. The molecule has 24 heavy (non-hydrogen) atoms. The molecule has 0 radical (unpaired) electrons. The Morgan fingerprint density at radius 1 is 1.08 bits per heavy atom. The van der Waals surface area contributed by atoms with Crippen LogP contribution in [0.15, 0.2) is 42.6 Å². The number of benzene rings is 1. The van der Waals surface area contributed by atoms with E-state index in [1.807, 2.05) is 0 Å². The fourth-order valence-electron chi connectivity index (χ4n) is 2.72. The SMILES string of the molecule is O=C(Nc1cccc(Cl)c1)c1ccnc(C(=O)N2CCCCC2)c1. The maximum atomic E-state index is 12.5. The van der Waals surface area contributed by atoms with Crippen molar-refractivity contribution in [3.8, 4) is 0 Å². The van der Waals surface area contributed by atoms with Crippen LogP contribution in [0.4, 0.5) is 5.69 Å². The number of hydrogen-bond acceptors (Lipinski definition) is 3. The zero-order valence-corrected chi connectivity index (χ0v) is 13.9. The summed E-state index contributed by atoms with van der Waals surface area (Å²) in [6.45, 7) is 1.50. The van der Waals surface area contributed by atoms with Crippen molar-refractivity contribution >= 4 is 29.1 Å². The summed E-state index contributed by atoms with van der Waals surface area (Å²) in [5, 5.41) is 3.31. The zero-order chi connectivity index (χ0) is 16.9. The van der Waals surface area contributed by atoms with E-state index in [2.05, 4.69) is 10.3 Å². The van der Waals surface area contributed by atoms with Gasteiger partial charge in [-0.15, -0.1) is 0 Å². The zero-order valence-electron chi connectivity index (χ0n) is 13.2. The van der Waals surface area contributed by atoms with Crippen LogP contribution in [-0.4, -0.2) is 34.8 Å². The largest absolute Gasteiger partial charge is 0.337 e. The molecule has 6 heteroatoms. The van der Waals surface area contributed by atoms with Gasteiger partial charge >= 0.3 is 0 Å². The van der Waals surface area contributed by atoms with Crippen LogP contribution in [-0.2, 0) is 0 Å². The topological polar surface area (TPSA) is 62.3 Å². The van der Waals surface area contributed by atoms with Crippen LogP contribution >= 0.6 is 11.6 Å². The van der Waals surface area contributed by atoms with Gasteiger partial charge in [0, 0.05) is 35.6 Å². The number of carbonyl (C=O) groups excluding carboxylic acids is 2. The normalized spacial score (nSPS) is 14.3. The van der Waals surface area contributed by atoms with Gasteiger partial charge in [0.05, 0.1) is 0 Å². The summed E-state index contributed by atoms with van der Waals surface area (Å²) in [6.07, 6.45) is 4.67. The third kappa shape index (κ3) is 3.92. The molecule has 0 aliphatic carbocycles. The quantitative estimate of drug-likeness (QED) is 0.926. The third-order valence-corrected chi connectivity index (χ3v) is 4.20. The maximum absolute atomic E-state index is 12.5. The van der Waals surface area contributed by atoms with Gasteiger partial charge in [-0.05, 0) is 49.6 Å². The number of halogens is 1. The summed E-state index contributed by atoms with van der Waals surface area (Å²) in [5.41, 5.74) is 1.30. The Morgan fingerprint density at radius 3 is 2.62 bits per heavy atom. The van der Waals surface area contributed by atoms with Crippen molar-refractivity contribution in [2.75, 3.05) is 18.4 Å². The summed E-state index contributed by atoms with van der Waals surface area (Å²) in [4.78, 5) is 30.8. The molecule has 1 N–H and O–H groups in total. The Kier molecular flexibility index (Phi) is 5.11. The van der Waals surface area contributed by atoms with E-state index in [1.54, 1.807) is 35.2 Å². The smallest absolute Gasteiger partial charge is 0.272 e. The standard InChI is InChI=1S/C18H18ClN3O2/c19-14-5-4-6-15(12-14)21-17(23)13-7-8-20-16(11-13)18(24)22-9-2-1-3-10-22/h4-8,11-12H,1-3,9-10H2,(H,21,23). The Bertz CT molecular complexity index is 757. The van der Waals surface area contributed by atoms with Crippen molar-refractivity contribution in [3.05, 3.63) is 58.9 Å². The van der Waals surface area contributed by atoms with E-state index in [0.717, 1.165) is 32.4 Å². The average molecular weight is 344 g/mol. The van der Waals surface area contributed by atoms with Crippen LogP contribution in [0.1, 0.15) is 40.1 Å². The predicted octanol–water partition coefficient (Wildman–Crippen LogP) is 3.61. The number of piperidine rings is 1. The van der Waals surface area contributed by atoms with Gasteiger partial charge in [0.1, 0.15) is 5.69 Å². The highest BCUT2D eigenvalue weighted by molar-refractivity contribution is 6.31. The van der Waals surface area contributed by atoms with E-state index >= 15 is 0 Å². The van der Waals surface area contributed by atoms with Gasteiger partial charge in [0.15, 0.2) is 0 Å². The second kappa shape index (κ2) is 7.45. The summed E-state index contributed by atoms with van der Waals surface area (Å²) >= 11 is 5.92.